The zero-order valence-corrected chi connectivity index (χ0v) is 18.2. The van der Waals surface area contributed by atoms with Crippen molar-refractivity contribution in [3.63, 3.8) is 0 Å². The molecule has 0 bridgehead atoms. The average molecular weight is 437 g/mol. The molecule has 7 nitrogen and oxygen atoms in total. The van der Waals surface area contributed by atoms with Crippen LogP contribution in [-0.4, -0.2) is 29.7 Å². The fourth-order valence-electron chi connectivity index (χ4n) is 3.29. The molecule has 0 aliphatic heterocycles. The number of pyridine rings is 1. The van der Waals surface area contributed by atoms with Crippen molar-refractivity contribution < 1.29 is 14.3 Å². The molecule has 31 heavy (non-hydrogen) atoms. The van der Waals surface area contributed by atoms with Gasteiger partial charge in [-0.05, 0) is 73.8 Å². The van der Waals surface area contributed by atoms with E-state index in [1.165, 1.54) is 20.0 Å². The number of carbonyl (C=O) groups excluding carboxylic acids is 1. The van der Waals surface area contributed by atoms with E-state index >= 15 is 0 Å². The number of nitrogens with zero attached hydrogens (tertiary/aromatic N) is 1. The summed E-state index contributed by atoms with van der Waals surface area (Å²) < 4.78 is 11.4. The van der Waals surface area contributed by atoms with Gasteiger partial charge in [0.1, 0.15) is 17.2 Å². The summed E-state index contributed by atoms with van der Waals surface area (Å²) in [6, 6.07) is 10.8. The number of amides is 1. The molecule has 0 spiro atoms. The maximum atomic E-state index is 11.8. The highest BCUT2D eigenvalue weighted by molar-refractivity contribution is 7.80. The van der Waals surface area contributed by atoms with Crippen LogP contribution in [0.5, 0.6) is 17.2 Å². The molecule has 0 radical (unpaired) electrons. The van der Waals surface area contributed by atoms with Crippen LogP contribution in [0.15, 0.2) is 42.6 Å². The Morgan fingerprint density at radius 2 is 2.03 bits per heavy atom. The first-order valence-electron chi connectivity index (χ1n) is 10.0. The second-order valence-electron chi connectivity index (χ2n) is 7.60. The van der Waals surface area contributed by atoms with Gasteiger partial charge in [-0.25, -0.2) is 0 Å². The highest BCUT2D eigenvalue weighted by Crippen LogP contribution is 2.34. The molecule has 4 rings (SSSR count). The Labute approximate surface area is 185 Å². The van der Waals surface area contributed by atoms with Gasteiger partial charge < -0.3 is 25.8 Å². The maximum absolute atomic E-state index is 11.8. The molecule has 3 aromatic rings. The largest absolute Gasteiger partial charge is 0.496 e. The van der Waals surface area contributed by atoms with E-state index < -0.39 is 5.91 Å². The normalized spacial score (nSPS) is 13.0. The Kier molecular flexibility index (Phi) is 5.90. The summed E-state index contributed by atoms with van der Waals surface area (Å²) >= 11 is 5.38. The number of ether oxygens (including phenoxy) is 2. The van der Waals surface area contributed by atoms with Crippen LogP contribution >= 0.6 is 12.2 Å². The first kappa shape index (κ1) is 20.9. The summed E-state index contributed by atoms with van der Waals surface area (Å²) in [6.45, 7) is 2.90. The molecule has 1 aliphatic carbocycles. The van der Waals surface area contributed by atoms with Crippen molar-refractivity contribution in [2.24, 2.45) is 11.7 Å². The molecule has 1 aliphatic rings. The zero-order valence-electron chi connectivity index (χ0n) is 17.4. The number of thiocarbonyl (C=S) groups is 1. The third-order valence-electron chi connectivity index (χ3n) is 5.21. The van der Waals surface area contributed by atoms with Gasteiger partial charge in [-0.15, -0.1) is 0 Å². The minimum absolute atomic E-state index is 0.274. The number of benzene rings is 2. The first-order chi connectivity index (χ1) is 14.9. The number of nitrogens with two attached hydrogens (primary N) is 1. The third kappa shape index (κ3) is 4.86. The van der Waals surface area contributed by atoms with Gasteiger partial charge in [0, 0.05) is 29.9 Å². The Hall–Kier alpha value is -3.39. The summed E-state index contributed by atoms with van der Waals surface area (Å²) in [5.74, 6) is 1.77. The molecule has 8 heteroatoms. The van der Waals surface area contributed by atoms with Crippen molar-refractivity contribution in [2.75, 3.05) is 19.0 Å². The summed E-state index contributed by atoms with van der Waals surface area (Å²) in [6.07, 6.45) is 4.20. The highest BCUT2D eigenvalue weighted by atomic mass is 32.1. The van der Waals surface area contributed by atoms with E-state index in [1.807, 2.05) is 25.1 Å². The summed E-state index contributed by atoms with van der Waals surface area (Å²) in [5.41, 5.74) is 8.32. The van der Waals surface area contributed by atoms with Crippen LogP contribution in [0.3, 0.4) is 0 Å². The van der Waals surface area contributed by atoms with Gasteiger partial charge in [0.05, 0.1) is 18.2 Å². The lowest BCUT2D eigenvalue weighted by Crippen LogP contribution is -2.30. The number of rotatable bonds is 7. The molecule has 1 saturated carbocycles. The lowest BCUT2D eigenvalue weighted by Gasteiger charge is -2.15. The molecule has 0 atom stereocenters. The number of primary amides is 1. The fourth-order valence-corrected chi connectivity index (χ4v) is 3.48. The number of carbonyl (C=O) groups is 1. The van der Waals surface area contributed by atoms with Crippen molar-refractivity contribution >= 4 is 39.8 Å². The minimum atomic E-state index is -0.578. The van der Waals surface area contributed by atoms with Gasteiger partial charge in [0.2, 0.25) is 0 Å². The van der Waals surface area contributed by atoms with Crippen LogP contribution in [0.2, 0.25) is 0 Å². The van der Waals surface area contributed by atoms with Gasteiger partial charge in [0.15, 0.2) is 5.11 Å². The first-order valence-corrected chi connectivity index (χ1v) is 10.5. The van der Waals surface area contributed by atoms with Gasteiger partial charge in [-0.2, -0.15) is 0 Å². The fraction of sp³-hybridized carbons (Fsp3) is 0.261. The molecule has 1 heterocycles. The van der Waals surface area contributed by atoms with Crippen molar-refractivity contribution in [2.45, 2.75) is 19.8 Å². The van der Waals surface area contributed by atoms with E-state index in [4.69, 9.17) is 27.4 Å². The number of fused-ring (bicyclic) bond motifs is 1. The topological polar surface area (TPSA) is 98.5 Å². The van der Waals surface area contributed by atoms with Crippen LogP contribution in [-0.2, 0) is 0 Å². The molecule has 1 amide bonds. The standard InChI is InChI=1S/C23H24N4O3S/c1-13-9-15(5-6-18(13)27-23(31)26-12-14-3-4-14)30-20-7-8-25-19-11-21(29-2)17(22(24)28)10-16(19)20/h5-11,14H,3-4,12H2,1-2H3,(H2,24,28)(H2,26,27,31). The Morgan fingerprint density at radius 1 is 1.23 bits per heavy atom. The molecule has 2 aromatic carbocycles. The molecule has 1 fully saturated rings. The predicted molar refractivity (Wildman–Crippen MR) is 125 cm³/mol. The second-order valence-corrected chi connectivity index (χ2v) is 8.01. The predicted octanol–water partition coefficient (Wildman–Crippen LogP) is 4.14. The van der Waals surface area contributed by atoms with Crippen molar-refractivity contribution in [1.29, 1.82) is 0 Å². The highest BCUT2D eigenvalue weighted by Gasteiger charge is 2.21. The van der Waals surface area contributed by atoms with Crippen molar-refractivity contribution in [1.82, 2.24) is 10.3 Å². The lowest BCUT2D eigenvalue weighted by molar-refractivity contribution is 0.0997. The molecule has 0 saturated heterocycles. The van der Waals surface area contributed by atoms with Crippen molar-refractivity contribution in [3.05, 3.63) is 53.7 Å². The number of anilines is 1. The Morgan fingerprint density at radius 3 is 2.71 bits per heavy atom. The summed E-state index contributed by atoms with van der Waals surface area (Å²) in [7, 11) is 1.49. The summed E-state index contributed by atoms with van der Waals surface area (Å²) in [5, 5.41) is 7.78. The maximum Gasteiger partial charge on any atom is 0.252 e. The molecule has 1 aromatic heterocycles. The Balaban J connectivity index is 1.55. The Bertz CT molecular complexity index is 1160. The van der Waals surface area contributed by atoms with Gasteiger partial charge >= 0.3 is 0 Å². The van der Waals surface area contributed by atoms with Crippen LogP contribution in [0.4, 0.5) is 5.69 Å². The molecule has 0 unspecified atom stereocenters. The van der Waals surface area contributed by atoms with Gasteiger partial charge in [0.25, 0.3) is 5.91 Å². The number of aryl methyl sites for hydroxylation is 1. The van der Waals surface area contributed by atoms with E-state index in [1.54, 1.807) is 24.4 Å². The van der Waals surface area contributed by atoms with E-state index in [0.717, 1.165) is 23.7 Å². The van der Waals surface area contributed by atoms with Gasteiger partial charge in [-0.1, -0.05) is 0 Å². The van der Waals surface area contributed by atoms with Crippen LogP contribution < -0.4 is 25.8 Å². The third-order valence-corrected chi connectivity index (χ3v) is 5.46. The van der Waals surface area contributed by atoms with Gasteiger partial charge in [-0.3, -0.25) is 9.78 Å². The van der Waals surface area contributed by atoms with Crippen LogP contribution in [0.1, 0.15) is 28.8 Å². The number of hydrogen-bond donors (Lipinski definition) is 3. The van der Waals surface area contributed by atoms with Crippen LogP contribution in [0, 0.1) is 12.8 Å². The van der Waals surface area contributed by atoms with E-state index in [0.29, 0.717) is 33.3 Å². The van der Waals surface area contributed by atoms with Crippen LogP contribution in [0.25, 0.3) is 10.9 Å². The van der Waals surface area contributed by atoms with Crippen molar-refractivity contribution in [3.8, 4) is 17.2 Å². The van der Waals surface area contributed by atoms with E-state index in [2.05, 4.69) is 15.6 Å². The quantitative estimate of drug-likeness (QED) is 0.479. The van der Waals surface area contributed by atoms with E-state index in [-0.39, 0.29) is 5.56 Å². The zero-order chi connectivity index (χ0) is 22.0. The second kappa shape index (κ2) is 8.77. The number of methoxy groups -OCH3 is 1. The SMILES string of the molecule is COc1cc2nccc(Oc3ccc(NC(=S)NCC4CC4)c(C)c3)c2cc1C(N)=O. The average Bonchev–Trinajstić information content (AvgIpc) is 3.58. The van der Waals surface area contributed by atoms with E-state index in [9.17, 15) is 4.79 Å². The number of nitrogens with one attached hydrogen (secondary N) is 2. The molecule has 4 N–H and O–H groups in total. The molecule has 160 valence electrons. The summed E-state index contributed by atoms with van der Waals surface area (Å²) in [4.78, 5) is 16.2. The number of hydrogen-bond acceptors (Lipinski definition) is 5. The smallest absolute Gasteiger partial charge is 0.252 e. The number of aromatic nitrogens is 1. The monoisotopic (exact) mass is 436 g/mol. The molecular formula is C23H24N4O3S. The minimum Gasteiger partial charge on any atom is -0.496 e. The molecular weight excluding hydrogens is 412 g/mol. The lowest BCUT2D eigenvalue weighted by atomic mass is 10.1.